The molecule has 0 saturated carbocycles. The van der Waals surface area contributed by atoms with Gasteiger partial charge in [0.05, 0.1) is 0 Å². The van der Waals surface area contributed by atoms with E-state index in [-0.39, 0.29) is 5.04 Å². The van der Waals surface area contributed by atoms with Crippen molar-refractivity contribution in [3.05, 3.63) is 60.7 Å². The standard InChI is InChI=1S/C21H29NOSi.C2HF3O2/c1-21(2,3)24(19-10-6-4-7-11-19,20-12-8-5-9-13-20)23-17-18-14-15-22-16-18;3-2(4,5)1(6)7/h4-13,18,22H,14-17H2,1-3H3;(H,6,7)/t18-;/m1./s1. The summed E-state index contributed by atoms with van der Waals surface area (Å²) >= 11 is 0. The van der Waals surface area contributed by atoms with Gasteiger partial charge in [-0.2, -0.15) is 13.2 Å². The molecule has 0 amide bonds. The Morgan fingerprint density at radius 1 is 1.03 bits per heavy atom. The van der Waals surface area contributed by atoms with E-state index in [2.05, 4.69) is 86.8 Å². The molecule has 0 aliphatic carbocycles. The van der Waals surface area contributed by atoms with Gasteiger partial charge in [-0.15, -0.1) is 0 Å². The lowest BCUT2D eigenvalue weighted by Gasteiger charge is -2.43. The molecular formula is C23H30F3NO3Si. The highest BCUT2D eigenvalue weighted by atomic mass is 28.4. The largest absolute Gasteiger partial charge is 0.490 e. The Labute approximate surface area is 182 Å². The number of carbonyl (C=O) groups is 1. The molecule has 4 nitrogen and oxygen atoms in total. The summed E-state index contributed by atoms with van der Waals surface area (Å²) in [6.45, 7) is 10.1. The summed E-state index contributed by atoms with van der Waals surface area (Å²) in [6.07, 6.45) is -3.86. The fourth-order valence-corrected chi connectivity index (χ4v) is 8.50. The van der Waals surface area contributed by atoms with Crippen molar-refractivity contribution in [1.82, 2.24) is 5.32 Å². The van der Waals surface area contributed by atoms with E-state index in [1.807, 2.05) is 0 Å². The molecule has 3 rings (SSSR count). The second-order valence-corrected chi connectivity index (χ2v) is 12.9. The number of benzene rings is 2. The summed E-state index contributed by atoms with van der Waals surface area (Å²) in [5.74, 6) is -2.13. The van der Waals surface area contributed by atoms with Gasteiger partial charge in [0.2, 0.25) is 0 Å². The monoisotopic (exact) mass is 453 g/mol. The van der Waals surface area contributed by atoms with Crippen molar-refractivity contribution < 1.29 is 27.5 Å². The number of alkyl halides is 3. The Morgan fingerprint density at radius 3 is 1.81 bits per heavy atom. The van der Waals surface area contributed by atoms with Crippen LogP contribution in [0.2, 0.25) is 5.04 Å². The Kier molecular flexibility index (Phi) is 8.45. The minimum Gasteiger partial charge on any atom is -0.475 e. The molecule has 2 aromatic rings. The van der Waals surface area contributed by atoms with Crippen LogP contribution in [0.4, 0.5) is 13.2 Å². The van der Waals surface area contributed by atoms with Crippen LogP contribution in [0.15, 0.2) is 60.7 Å². The highest BCUT2D eigenvalue weighted by molar-refractivity contribution is 6.99. The van der Waals surface area contributed by atoms with Gasteiger partial charge in [0, 0.05) is 13.2 Å². The Bertz CT molecular complexity index is 778. The van der Waals surface area contributed by atoms with E-state index >= 15 is 0 Å². The summed E-state index contributed by atoms with van der Waals surface area (Å²) in [4.78, 5) is 8.90. The van der Waals surface area contributed by atoms with Crippen LogP contribution < -0.4 is 15.7 Å². The molecular weight excluding hydrogens is 423 g/mol. The third kappa shape index (κ3) is 6.41. The highest BCUT2D eigenvalue weighted by Gasteiger charge is 2.50. The van der Waals surface area contributed by atoms with E-state index in [0.717, 1.165) is 19.7 Å². The molecule has 31 heavy (non-hydrogen) atoms. The van der Waals surface area contributed by atoms with Gasteiger partial charge in [0.15, 0.2) is 0 Å². The smallest absolute Gasteiger partial charge is 0.475 e. The first-order valence-corrected chi connectivity index (χ1v) is 12.1. The third-order valence-electron chi connectivity index (χ3n) is 5.36. The Morgan fingerprint density at radius 2 is 1.48 bits per heavy atom. The summed E-state index contributed by atoms with van der Waals surface area (Å²) in [7, 11) is -2.34. The van der Waals surface area contributed by atoms with E-state index < -0.39 is 20.5 Å². The third-order valence-corrected chi connectivity index (χ3v) is 10.4. The molecule has 1 heterocycles. The second-order valence-electron chi connectivity index (χ2n) is 8.64. The number of hydrogen-bond donors (Lipinski definition) is 2. The number of carboxylic acid groups (broad SMARTS) is 1. The number of rotatable bonds is 5. The van der Waals surface area contributed by atoms with Crippen LogP contribution in [0, 0.1) is 5.92 Å². The van der Waals surface area contributed by atoms with E-state index in [1.54, 1.807) is 0 Å². The van der Waals surface area contributed by atoms with Gasteiger partial charge in [-0.1, -0.05) is 81.4 Å². The fraction of sp³-hybridized carbons (Fsp3) is 0.435. The van der Waals surface area contributed by atoms with E-state index in [9.17, 15) is 13.2 Å². The lowest BCUT2D eigenvalue weighted by Crippen LogP contribution is -2.66. The van der Waals surface area contributed by atoms with Crippen molar-refractivity contribution in [2.24, 2.45) is 5.92 Å². The van der Waals surface area contributed by atoms with Gasteiger partial charge in [0.25, 0.3) is 8.32 Å². The van der Waals surface area contributed by atoms with Crippen LogP contribution in [0.1, 0.15) is 27.2 Å². The maximum Gasteiger partial charge on any atom is 0.490 e. The summed E-state index contributed by atoms with van der Waals surface area (Å²) in [5, 5.41) is 13.4. The summed E-state index contributed by atoms with van der Waals surface area (Å²) < 4.78 is 38.7. The van der Waals surface area contributed by atoms with Gasteiger partial charge in [-0.05, 0) is 34.3 Å². The topological polar surface area (TPSA) is 58.6 Å². The maximum absolute atomic E-state index is 10.6. The lowest BCUT2D eigenvalue weighted by atomic mass is 10.1. The maximum atomic E-state index is 10.6. The van der Waals surface area contributed by atoms with Crippen molar-refractivity contribution in [1.29, 1.82) is 0 Å². The van der Waals surface area contributed by atoms with E-state index in [0.29, 0.717) is 5.92 Å². The average molecular weight is 454 g/mol. The van der Waals surface area contributed by atoms with Crippen LogP contribution in [0.3, 0.4) is 0 Å². The minimum atomic E-state index is -5.08. The van der Waals surface area contributed by atoms with Crippen LogP contribution in [0.25, 0.3) is 0 Å². The summed E-state index contributed by atoms with van der Waals surface area (Å²) in [5.41, 5.74) is 0. The van der Waals surface area contributed by atoms with Crippen molar-refractivity contribution in [3.63, 3.8) is 0 Å². The molecule has 0 spiro atoms. The number of aliphatic carboxylic acids is 1. The Hall–Kier alpha value is -2.16. The molecule has 8 heteroatoms. The van der Waals surface area contributed by atoms with Gasteiger partial charge < -0.3 is 14.8 Å². The first kappa shape index (κ1) is 25.1. The predicted molar refractivity (Wildman–Crippen MR) is 118 cm³/mol. The zero-order valence-electron chi connectivity index (χ0n) is 18.1. The lowest BCUT2D eigenvalue weighted by molar-refractivity contribution is -0.192. The molecule has 1 atom stereocenters. The molecule has 2 N–H and O–H groups in total. The number of carboxylic acids is 1. The molecule has 1 fully saturated rings. The molecule has 170 valence electrons. The average Bonchev–Trinajstić information content (AvgIpc) is 3.22. The van der Waals surface area contributed by atoms with Gasteiger partial charge in [-0.3, -0.25) is 0 Å². The molecule has 1 aliphatic rings. The van der Waals surface area contributed by atoms with Gasteiger partial charge >= 0.3 is 12.1 Å². The number of nitrogens with one attached hydrogen (secondary N) is 1. The normalized spacial score (nSPS) is 17.0. The second kappa shape index (κ2) is 10.4. The van der Waals surface area contributed by atoms with Crippen LogP contribution in [0.5, 0.6) is 0 Å². The Balaban J connectivity index is 0.000000423. The number of halogens is 3. The van der Waals surface area contributed by atoms with Crippen LogP contribution >= 0.6 is 0 Å². The first-order valence-electron chi connectivity index (χ1n) is 10.2. The fourth-order valence-electron chi connectivity index (χ4n) is 3.86. The molecule has 0 unspecified atom stereocenters. The summed E-state index contributed by atoms with van der Waals surface area (Å²) in [6, 6.07) is 21.8. The molecule has 0 aromatic heterocycles. The van der Waals surface area contributed by atoms with E-state index in [1.165, 1.54) is 16.8 Å². The zero-order valence-corrected chi connectivity index (χ0v) is 19.1. The van der Waals surface area contributed by atoms with Gasteiger partial charge in [0.1, 0.15) is 0 Å². The minimum absolute atomic E-state index is 0.0712. The van der Waals surface area contributed by atoms with E-state index in [4.69, 9.17) is 14.3 Å². The van der Waals surface area contributed by atoms with Crippen LogP contribution in [-0.2, 0) is 9.22 Å². The zero-order chi connectivity index (χ0) is 23.1. The molecule has 0 bridgehead atoms. The predicted octanol–water partition coefficient (Wildman–Crippen LogP) is 3.81. The van der Waals surface area contributed by atoms with Crippen molar-refractivity contribution in [2.45, 2.75) is 38.4 Å². The number of hydrogen-bond acceptors (Lipinski definition) is 3. The van der Waals surface area contributed by atoms with Crippen molar-refractivity contribution in [2.75, 3.05) is 19.7 Å². The molecule has 0 radical (unpaired) electrons. The van der Waals surface area contributed by atoms with Crippen LogP contribution in [-0.4, -0.2) is 45.3 Å². The molecule has 1 saturated heterocycles. The molecule has 1 aliphatic heterocycles. The highest BCUT2D eigenvalue weighted by Crippen LogP contribution is 2.37. The van der Waals surface area contributed by atoms with Crippen molar-refractivity contribution in [3.8, 4) is 0 Å². The van der Waals surface area contributed by atoms with Crippen molar-refractivity contribution >= 4 is 24.7 Å². The SMILES string of the molecule is CC(C)(C)[Si](OC[C@@H]1CCNC1)(c1ccccc1)c1ccccc1.O=C(O)C(F)(F)F. The quantitative estimate of drug-likeness (QED) is 0.676. The molecule has 2 aromatic carbocycles. The van der Waals surface area contributed by atoms with Gasteiger partial charge in [-0.25, -0.2) is 4.79 Å². The first-order chi connectivity index (χ1) is 14.5.